The fourth-order valence-corrected chi connectivity index (χ4v) is 7.16. The van der Waals surface area contributed by atoms with Crippen molar-refractivity contribution in [3.05, 3.63) is 35.1 Å². The van der Waals surface area contributed by atoms with Gasteiger partial charge in [-0.05, 0) is 42.4 Å². The van der Waals surface area contributed by atoms with Crippen LogP contribution < -0.4 is 5.32 Å². The Labute approximate surface area is 228 Å². The molecule has 1 amide bonds. The Morgan fingerprint density at radius 2 is 2.00 bits per heavy atom. The predicted molar refractivity (Wildman–Crippen MR) is 151 cm³/mol. The molecular weight excluding hydrogens is 502 g/mol. The van der Waals surface area contributed by atoms with Gasteiger partial charge in [-0.25, -0.2) is 4.98 Å². The second-order valence-electron chi connectivity index (χ2n) is 10.5. The first-order valence-electron chi connectivity index (χ1n) is 13.5. The molecule has 9 heteroatoms. The maximum Gasteiger partial charge on any atom is 0.224 e. The summed E-state index contributed by atoms with van der Waals surface area (Å²) in [5.41, 5.74) is 2.25. The number of nitrogens with zero attached hydrogens (tertiary/aromatic N) is 4. The van der Waals surface area contributed by atoms with Gasteiger partial charge in [0.1, 0.15) is 12.1 Å². The standard InChI is InChI=1S/C28H39N5O2S2/c1-5-22(34)13-21(15-26-30-23-12-11-20(18(2)3)14-25(23)37-26)27(35)31-24(19-9-7-6-8-10-19)16-36-28-32-29-17-33(28)4/h11-12,14,17-19,21,24H,5-10,13,15-16H2,1-4H3,(H,31,35)/t21-,24?/m0/s1. The number of aryl methyl sites for hydroxylation is 1. The van der Waals surface area contributed by atoms with Gasteiger partial charge in [-0.15, -0.1) is 21.5 Å². The zero-order valence-corrected chi connectivity index (χ0v) is 24.0. The molecule has 7 nitrogen and oxygen atoms in total. The minimum Gasteiger partial charge on any atom is -0.352 e. The zero-order chi connectivity index (χ0) is 26.4. The van der Waals surface area contributed by atoms with E-state index in [4.69, 9.17) is 4.98 Å². The van der Waals surface area contributed by atoms with Gasteiger partial charge in [0.15, 0.2) is 5.16 Å². The highest BCUT2D eigenvalue weighted by molar-refractivity contribution is 7.99. The lowest BCUT2D eigenvalue weighted by atomic mass is 9.84. The van der Waals surface area contributed by atoms with Crippen LogP contribution in [0.1, 0.15) is 82.2 Å². The topological polar surface area (TPSA) is 89.8 Å². The third-order valence-electron chi connectivity index (χ3n) is 7.39. The van der Waals surface area contributed by atoms with Gasteiger partial charge in [0.25, 0.3) is 0 Å². The first-order chi connectivity index (χ1) is 17.8. The molecule has 0 radical (unpaired) electrons. The summed E-state index contributed by atoms with van der Waals surface area (Å²) in [7, 11) is 1.94. The number of hydrogen-bond donors (Lipinski definition) is 1. The third kappa shape index (κ3) is 7.41. The molecule has 2 heterocycles. The van der Waals surface area contributed by atoms with Crippen molar-refractivity contribution < 1.29 is 9.59 Å². The van der Waals surface area contributed by atoms with Crippen molar-refractivity contribution >= 4 is 45.0 Å². The Hall–Kier alpha value is -2.26. The van der Waals surface area contributed by atoms with Gasteiger partial charge in [-0.3, -0.25) is 9.59 Å². The van der Waals surface area contributed by atoms with E-state index in [2.05, 4.69) is 47.6 Å². The summed E-state index contributed by atoms with van der Waals surface area (Å²) in [6.07, 6.45) is 8.79. The SMILES string of the molecule is CCC(=O)C[C@@H](Cc1nc2ccc(C(C)C)cc2s1)C(=O)NC(CSc1nncn1C)C1CCCCC1. The minimum atomic E-state index is -0.413. The van der Waals surface area contributed by atoms with Crippen LogP contribution in [0.4, 0.5) is 0 Å². The Bertz CT molecular complexity index is 1200. The molecule has 37 heavy (non-hydrogen) atoms. The number of nitrogens with one attached hydrogen (secondary N) is 1. The van der Waals surface area contributed by atoms with Crippen molar-refractivity contribution in [2.45, 2.75) is 89.3 Å². The number of thiazole rings is 1. The van der Waals surface area contributed by atoms with Crippen molar-refractivity contribution in [3.8, 4) is 0 Å². The van der Waals surface area contributed by atoms with Crippen molar-refractivity contribution in [2.75, 3.05) is 5.75 Å². The lowest BCUT2D eigenvalue weighted by molar-refractivity contribution is -0.130. The van der Waals surface area contributed by atoms with Gasteiger partial charge in [0.05, 0.1) is 21.1 Å². The minimum absolute atomic E-state index is 0.0296. The van der Waals surface area contributed by atoms with E-state index in [1.165, 1.54) is 24.8 Å². The number of fused-ring (bicyclic) bond motifs is 1. The van der Waals surface area contributed by atoms with E-state index < -0.39 is 5.92 Å². The average Bonchev–Trinajstić information content (AvgIpc) is 3.50. The lowest BCUT2D eigenvalue weighted by Gasteiger charge is -2.31. The van der Waals surface area contributed by atoms with Crippen molar-refractivity contribution in [1.29, 1.82) is 0 Å². The van der Waals surface area contributed by atoms with E-state index in [1.54, 1.807) is 29.4 Å². The number of thioether (sulfide) groups is 1. The number of rotatable bonds is 12. The van der Waals surface area contributed by atoms with E-state index in [0.29, 0.717) is 24.7 Å². The quantitative estimate of drug-likeness (QED) is 0.286. The van der Waals surface area contributed by atoms with Gasteiger partial charge in [0.2, 0.25) is 5.91 Å². The molecule has 2 atom stereocenters. The summed E-state index contributed by atoms with van der Waals surface area (Å²) < 4.78 is 3.05. The summed E-state index contributed by atoms with van der Waals surface area (Å²) in [5.74, 6) is 1.31. The second kappa shape index (κ2) is 13.0. The molecule has 4 rings (SSSR count). The molecule has 0 bridgehead atoms. The molecule has 1 aliphatic rings. The highest BCUT2D eigenvalue weighted by Crippen LogP contribution is 2.31. The van der Waals surface area contributed by atoms with E-state index in [1.807, 2.05) is 18.5 Å². The molecule has 0 saturated heterocycles. The molecule has 0 spiro atoms. The van der Waals surface area contributed by atoms with Gasteiger partial charge >= 0.3 is 0 Å². The molecule has 1 aliphatic carbocycles. The molecule has 1 unspecified atom stereocenters. The van der Waals surface area contributed by atoms with Crippen LogP contribution in [0.25, 0.3) is 10.2 Å². The smallest absolute Gasteiger partial charge is 0.224 e. The monoisotopic (exact) mass is 541 g/mol. The Morgan fingerprint density at radius 3 is 2.68 bits per heavy atom. The van der Waals surface area contributed by atoms with Crippen LogP contribution in [0.5, 0.6) is 0 Å². The summed E-state index contributed by atoms with van der Waals surface area (Å²) in [4.78, 5) is 31.0. The molecule has 1 saturated carbocycles. The molecule has 3 aromatic rings. The summed E-state index contributed by atoms with van der Waals surface area (Å²) in [6, 6.07) is 6.44. The van der Waals surface area contributed by atoms with Gasteiger partial charge in [0, 0.05) is 38.1 Å². The number of benzene rings is 1. The molecular formula is C28H39N5O2S2. The summed E-state index contributed by atoms with van der Waals surface area (Å²) in [6.45, 7) is 6.24. The lowest BCUT2D eigenvalue weighted by Crippen LogP contribution is -2.46. The van der Waals surface area contributed by atoms with Crippen LogP contribution in [-0.4, -0.2) is 43.2 Å². The number of carbonyl (C=O) groups excluding carboxylic acids is 2. The number of amides is 1. The second-order valence-corrected chi connectivity index (χ2v) is 12.6. The summed E-state index contributed by atoms with van der Waals surface area (Å²) in [5, 5.41) is 13.3. The normalized spacial score (nSPS) is 16.2. The summed E-state index contributed by atoms with van der Waals surface area (Å²) >= 11 is 3.28. The van der Waals surface area contributed by atoms with Crippen LogP contribution >= 0.6 is 23.1 Å². The molecule has 200 valence electrons. The number of aromatic nitrogens is 4. The number of carbonyl (C=O) groups is 2. The highest BCUT2D eigenvalue weighted by atomic mass is 32.2. The number of hydrogen-bond acceptors (Lipinski definition) is 7. The fourth-order valence-electron chi connectivity index (χ4n) is 5.02. The number of Topliss-reactive ketones (excluding diaryl/α,β-unsaturated/α-hetero) is 1. The van der Waals surface area contributed by atoms with E-state index in [9.17, 15) is 9.59 Å². The Kier molecular flexibility index (Phi) is 9.76. The fraction of sp³-hybridized carbons (Fsp3) is 0.607. The van der Waals surface area contributed by atoms with E-state index >= 15 is 0 Å². The first-order valence-corrected chi connectivity index (χ1v) is 15.3. The zero-order valence-electron chi connectivity index (χ0n) is 22.4. The Morgan fingerprint density at radius 1 is 1.22 bits per heavy atom. The van der Waals surface area contributed by atoms with Gasteiger partial charge in [-0.2, -0.15) is 0 Å². The van der Waals surface area contributed by atoms with Crippen molar-refractivity contribution in [2.24, 2.45) is 18.9 Å². The molecule has 1 N–H and O–H groups in total. The van der Waals surface area contributed by atoms with Crippen LogP contribution in [0, 0.1) is 11.8 Å². The van der Waals surface area contributed by atoms with Gasteiger partial charge < -0.3 is 9.88 Å². The molecule has 1 fully saturated rings. The third-order valence-corrected chi connectivity index (χ3v) is 9.59. The maximum absolute atomic E-state index is 13.7. The first kappa shape index (κ1) is 27.8. The van der Waals surface area contributed by atoms with Crippen LogP contribution in [0.3, 0.4) is 0 Å². The van der Waals surface area contributed by atoms with Crippen molar-refractivity contribution in [1.82, 2.24) is 25.1 Å². The average molecular weight is 542 g/mol. The Balaban J connectivity index is 1.51. The van der Waals surface area contributed by atoms with Gasteiger partial charge in [-0.1, -0.05) is 57.9 Å². The molecule has 1 aromatic carbocycles. The maximum atomic E-state index is 13.7. The largest absolute Gasteiger partial charge is 0.352 e. The van der Waals surface area contributed by atoms with Crippen LogP contribution in [0.2, 0.25) is 0 Å². The molecule has 0 aliphatic heterocycles. The predicted octanol–water partition coefficient (Wildman–Crippen LogP) is 5.93. The van der Waals surface area contributed by atoms with E-state index in [-0.39, 0.29) is 24.2 Å². The highest BCUT2D eigenvalue weighted by Gasteiger charge is 2.30. The number of ketones is 1. The van der Waals surface area contributed by atoms with Crippen LogP contribution in [0.15, 0.2) is 29.7 Å². The molecule has 2 aromatic heterocycles. The van der Waals surface area contributed by atoms with Crippen LogP contribution in [-0.2, 0) is 23.1 Å². The van der Waals surface area contributed by atoms with E-state index in [0.717, 1.165) is 39.0 Å². The van der Waals surface area contributed by atoms with Crippen molar-refractivity contribution in [3.63, 3.8) is 0 Å².